The highest BCUT2D eigenvalue weighted by atomic mass is 16.6. The molecule has 4 rings (SSSR count). The average Bonchev–Trinajstić information content (AvgIpc) is 3.00. The molecule has 3 heterocycles. The molecule has 2 N–H and O–H groups in total. The summed E-state index contributed by atoms with van der Waals surface area (Å²) in [5, 5.41) is 14.7. The number of amides is 1. The van der Waals surface area contributed by atoms with Crippen molar-refractivity contribution in [3.05, 3.63) is 35.9 Å². The molecule has 1 aromatic rings. The lowest BCUT2D eigenvalue weighted by Gasteiger charge is -2.43. The van der Waals surface area contributed by atoms with Crippen molar-refractivity contribution in [1.82, 2.24) is 10.2 Å². The fraction of sp³-hybridized carbons (Fsp3) is 0.682. The molecule has 3 aliphatic heterocycles. The van der Waals surface area contributed by atoms with Crippen LogP contribution in [0.3, 0.4) is 0 Å². The van der Waals surface area contributed by atoms with Gasteiger partial charge in [-0.2, -0.15) is 0 Å². The predicted octanol–water partition coefficient (Wildman–Crippen LogP) is 2.84. The number of rotatable bonds is 6. The van der Waals surface area contributed by atoms with Crippen LogP contribution in [0.1, 0.15) is 50.5 Å². The van der Waals surface area contributed by atoms with Crippen LogP contribution in [-0.2, 0) is 16.1 Å². The van der Waals surface area contributed by atoms with Crippen molar-refractivity contribution < 1.29 is 19.4 Å². The quantitative estimate of drug-likeness (QED) is 0.784. The largest absolute Gasteiger partial charge is 0.445 e. The summed E-state index contributed by atoms with van der Waals surface area (Å²) in [5.41, 5.74) is 0.316. The van der Waals surface area contributed by atoms with Gasteiger partial charge in [0, 0.05) is 31.3 Å². The van der Waals surface area contributed by atoms with Crippen LogP contribution in [0.5, 0.6) is 0 Å². The van der Waals surface area contributed by atoms with E-state index in [0.29, 0.717) is 25.5 Å². The lowest BCUT2D eigenvalue weighted by molar-refractivity contribution is -0.0542. The van der Waals surface area contributed by atoms with Crippen LogP contribution in [-0.4, -0.2) is 59.6 Å². The van der Waals surface area contributed by atoms with E-state index in [0.717, 1.165) is 57.4 Å². The van der Waals surface area contributed by atoms with Gasteiger partial charge in [-0.1, -0.05) is 30.3 Å². The molecule has 3 fully saturated rings. The van der Waals surface area contributed by atoms with Gasteiger partial charge >= 0.3 is 6.09 Å². The van der Waals surface area contributed by atoms with E-state index in [-0.39, 0.29) is 18.2 Å². The monoisotopic (exact) mass is 388 g/mol. The van der Waals surface area contributed by atoms with Crippen molar-refractivity contribution in [2.45, 2.75) is 75.3 Å². The van der Waals surface area contributed by atoms with Gasteiger partial charge in [0.15, 0.2) is 0 Å². The smallest absolute Gasteiger partial charge is 0.410 e. The molecule has 3 saturated heterocycles. The minimum atomic E-state index is -0.680. The number of carbonyl (C=O) groups excluding carboxylic acids is 1. The fourth-order valence-corrected chi connectivity index (χ4v) is 5.03. The Bertz CT molecular complexity index is 633. The third-order valence-corrected chi connectivity index (χ3v) is 6.51. The zero-order chi connectivity index (χ0) is 19.4. The minimum Gasteiger partial charge on any atom is -0.445 e. The molecule has 6 heteroatoms. The lowest BCUT2D eigenvalue weighted by Crippen LogP contribution is -2.54. The molecule has 1 amide bonds. The molecule has 1 aromatic carbocycles. The minimum absolute atomic E-state index is 0.0927. The highest BCUT2D eigenvalue weighted by molar-refractivity contribution is 5.69. The molecule has 0 spiro atoms. The summed E-state index contributed by atoms with van der Waals surface area (Å²) in [7, 11) is 0. The third kappa shape index (κ3) is 4.67. The number of aliphatic hydroxyl groups is 1. The molecule has 154 valence electrons. The highest BCUT2D eigenvalue weighted by Gasteiger charge is 2.49. The number of carbonyl (C=O) groups is 1. The molecule has 0 aliphatic carbocycles. The maximum atomic E-state index is 12.7. The van der Waals surface area contributed by atoms with Crippen LogP contribution >= 0.6 is 0 Å². The van der Waals surface area contributed by atoms with Gasteiger partial charge in [0.1, 0.15) is 6.61 Å². The second-order valence-electron chi connectivity index (χ2n) is 8.56. The van der Waals surface area contributed by atoms with E-state index in [1.165, 1.54) is 0 Å². The molecule has 0 radical (unpaired) electrons. The molecule has 6 nitrogen and oxygen atoms in total. The number of hydrogen-bond acceptors (Lipinski definition) is 5. The van der Waals surface area contributed by atoms with Gasteiger partial charge in [0.2, 0.25) is 0 Å². The van der Waals surface area contributed by atoms with Gasteiger partial charge in [0.05, 0.1) is 5.60 Å². The van der Waals surface area contributed by atoms with Crippen LogP contribution in [0.4, 0.5) is 4.79 Å². The van der Waals surface area contributed by atoms with Crippen LogP contribution in [0.15, 0.2) is 30.3 Å². The van der Waals surface area contributed by atoms with Crippen molar-refractivity contribution in [2.75, 3.05) is 19.8 Å². The van der Waals surface area contributed by atoms with E-state index in [9.17, 15) is 9.90 Å². The number of hydrogen-bond donors (Lipinski definition) is 2. The highest BCUT2D eigenvalue weighted by Crippen LogP contribution is 2.42. The summed E-state index contributed by atoms with van der Waals surface area (Å²) in [6.45, 7) is 2.77. The SMILES string of the molecule is O=C(OCc1ccccc1)N1[C@@H]2CC[C@H]1CC(O)(CCNC1CCOCC1)C2. The summed E-state index contributed by atoms with van der Waals surface area (Å²) in [5.74, 6) is 0. The number of nitrogens with zero attached hydrogens (tertiary/aromatic N) is 1. The number of nitrogens with one attached hydrogen (secondary N) is 1. The second kappa shape index (κ2) is 8.80. The van der Waals surface area contributed by atoms with Crippen molar-refractivity contribution >= 4 is 6.09 Å². The molecule has 3 aliphatic rings. The van der Waals surface area contributed by atoms with Gasteiger partial charge in [-0.05, 0) is 57.1 Å². The normalized spacial score (nSPS) is 30.4. The van der Waals surface area contributed by atoms with E-state index >= 15 is 0 Å². The summed E-state index contributed by atoms with van der Waals surface area (Å²) in [6, 6.07) is 10.5. The summed E-state index contributed by atoms with van der Waals surface area (Å²) >= 11 is 0. The van der Waals surface area contributed by atoms with Crippen molar-refractivity contribution in [2.24, 2.45) is 0 Å². The Hall–Kier alpha value is -1.63. The lowest BCUT2D eigenvalue weighted by atomic mass is 9.83. The predicted molar refractivity (Wildman–Crippen MR) is 106 cm³/mol. The number of piperidine rings is 1. The summed E-state index contributed by atoms with van der Waals surface area (Å²) in [4.78, 5) is 14.6. The first-order valence-corrected chi connectivity index (χ1v) is 10.7. The Morgan fingerprint density at radius 1 is 1.14 bits per heavy atom. The first kappa shape index (κ1) is 19.7. The molecular formula is C22H32N2O4. The number of fused-ring (bicyclic) bond motifs is 2. The van der Waals surface area contributed by atoms with Crippen LogP contribution in [0.2, 0.25) is 0 Å². The maximum absolute atomic E-state index is 12.7. The standard InChI is InChI=1S/C22H32N2O4/c25-21(28-16-17-4-2-1-3-5-17)24-19-6-7-20(24)15-22(26,14-19)10-11-23-18-8-12-27-13-9-18/h1-5,18-20,23,26H,6-16H2/t19-,20+,22?. The van der Waals surface area contributed by atoms with E-state index < -0.39 is 5.60 Å². The third-order valence-electron chi connectivity index (χ3n) is 6.51. The van der Waals surface area contributed by atoms with Crippen LogP contribution in [0.25, 0.3) is 0 Å². The van der Waals surface area contributed by atoms with Crippen molar-refractivity contribution in [3.63, 3.8) is 0 Å². The molecule has 0 saturated carbocycles. The van der Waals surface area contributed by atoms with Gasteiger partial charge in [-0.3, -0.25) is 0 Å². The number of ether oxygens (including phenoxy) is 2. The van der Waals surface area contributed by atoms with Gasteiger partial charge in [-0.15, -0.1) is 0 Å². The van der Waals surface area contributed by atoms with Gasteiger partial charge < -0.3 is 24.8 Å². The topological polar surface area (TPSA) is 71.0 Å². The zero-order valence-corrected chi connectivity index (χ0v) is 16.5. The van der Waals surface area contributed by atoms with E-state index in [1.807, 2.05) is 35.2 Å². The Morgan fingerprint density at radius 2 is 1.82 bits per heavy atom. The fourth-order valence-electron chi connectivity index (χ4n) is 5.03. The number of benzene rings is 1. The molecule has 3 atom stereocenters. The summed E-state index contributed by atoms with van der Waals surface area (Å²) < 4.78 is 11.0. The van der Waals surface area contributed by atoms with Gasteiger partial charge in [0.25, 0.3) is 0 Å². The Kier molecular flexibility index (Phi) is 6.19. The first-order chi connectivity index (χ1) is 13.6. The molecule has 0 aromatic heterocycles. The second-order valence-corrected chi connectivity index (χ2v) is 8.56. The molecule has 28 heavy (non-hydrogen) atoms. The first-order valence-electron chi connectivity index (χ1n) is 10.7. The Labute approximate surface area is 167 Å². The Balaban J connectivity index is 1.26. The van der Waals surface area contributed by atoms with E-state index in [1.54, 1.807) is 0 Å². The van der Waals surface area contributed by atoms with Gasteiger partial charge in [-0.25, -0.2) is 4.79 Å². The Morgan fingerprint density at radius 3 is 2.50 bits per heavy atom. The van der Waals surface area contributed by atoms with Crippen molar-refractivity contribution in [1.29, 1.82) is 0 Å². The van der Waals surface area contributed by atoms with Crippen LogP contribution in [0, 0.1) is 0 Å². The van der Waals surface area contributed by atoms with Crippen LogP contribution < -0.4 is 5.32 Å². The maximum Gasteiger partial charge on any atom is 0.410 e. The van der Waals surface area contributed by atoms with E-state index in [4.69, 9.17) is 9.47 Å². The molecular weight excluding hydrogens is 356 g/mol. The zero-order valence-electron chi connectivity index (χ0n) is 16.5. The molecule has 1 unspecified atom stereocenters. The summed E-state index contributed by atoms with van der Waals surface area (Å²) in [6.07, 6.45) is 5.82. The van der Waals surface area contributed by atoms with Crippen molar-refractivity contribution in [3.8, 4) is 0 Å². The molecule has 2 bridgehead atoms. The average molecular weight is 389 g/mol. The van der Waals surface area contributed by atoms with E-state index in [2.05, 4.69) is 5.32 Å².